The van der Waals surface area contributed by atoms with E-state index in [2.05, 4.69) is 15.9 Å². The van der Waals surface area contributed by atoms with Crippen LogP contribution in [-0.2, 0) is 0 Å². The van der Waals surface area contributed by atoms with Gasteiger partial charge in [0.25, 0.3) is 0 Å². The molecule has 0 amide bonds. The topological polar surface area (TPSA) is 29.5 Å². The van der Waals surface area contributed by atoms with Crippen molar-refractivity contribution in [2.45, 2.75) is 13.0 Å². The highest BCUT2D eigenvalue weighted by atomic mass is 79.9. The maximum Gasteiger partial charge on any atom is 0.147 e. The maximum absolute atomic E-state index is 9.50. The van der Waals surface area contributed by atoms with Crippen molar-refractivity contribution in [2.75, 3.05) is 0 Å². The molecule has 0 bridgehead atoms. The molecule has 0 aromatic heterocycles. The van der Waals surface area contributed by atoms with E-state index in [1.165, 1.54) is 0 Å². The van der Waals surface area contributed by atoms with Gasteiger partial charge >= 0.3 is 0 Å². The molecule has 2 aromatic carbocycles. The van der Waals surface area contributed by atoms with E-state index in [1.807, 2.05) is 0 Å². The first-order valence-corrected chi connectivity index (χ1v) is 7.61. The molecule has 2 aromatic rings. The number of hydrogen-bond acceptors (Lipinski definition) is 2. The molecule has 20 heavy (non-hydrogen) atoms. The average Bonchev–Trinajstić information content (AvgIpc) is 2.37. The van der Waals surface area contributed by atoms with Gasteiger partial charge in [-0.25, -0.2) is 0 Å². The van der Waals surface area contributed by atoms with E-state index in [0.29, 0.717) is 36.6 Å². The van der Waals surface area contributed by atoms with Crippen LogP contribution >= 0.6 is 50.7 Å². The summed E-state index contributed by atoms with van der Waals surface area (Å²) in [6.07, 6.45) is -0.590. The smallest absolute Gasteiger partial charge is 0.147 e. The third-order valence-corrected chi connectivity index (χ3v) is 4.42. The summed E-state index contributed by atoms with van der Waals surface area (Å²) >= 11 is 21.5. The fourth-order valence-electron chi connectivity index (χ4n) is 1.56. The molecule has 2 rings (SSSR count). The molecule has 1 unspecified atom stereocenters. The second kappa shape index (κ2) is 6.54. The Bertz CT molecular complexity index is 645. The van der Waals surface area contributed by atoms with E-state index < -0.39 is 6.10 Å². The van der Waals surface area contributed by atoms with Gasteiger partial charge in [-0.05, 0) is 46.6 Å². The molecule has 2 nitrogen and oxygen atoms in total. The molecule has 0 spiro atoms. The molecule has 6 heteroatoms. The Hall–Kier alpha value is -0.450. The van der Waals surface area contributed by atoms with Gasteiger partial charge in [0.1, 0.15) is 11.5 Å². The summed E-state index contributed by atoms with van der Waals surface area (Å²) in [4.78, 5) is 0. The Balaban J connectivity index is 2.33. The minimum Gasteiger partial charge on any atom is -0.454 e. The van der Waals surface area contributed by atoms with Gasteiger partial charge in [0.15, 0.2) is 0 Å². The largest absolute Gasteiger partial charge is 0.454 e. The predicted molar refractivity (Wildman–Crippen MR) is 86.3 cm³/mol. The minimum atomic E-state index is -0.590. The molecular weight excluding hydrogens is 386 g/mol. The lowest BCUT2D eigenvalue weighted by molar-refractivity contribution is 0.199. The molecule has 0 radical (unpaired) electrons. The van der Waals surface area contributed by atoms with Gasteiger partial charge in [-0.3, -0.25) is 0 Å². The number of hydrogen-bond donors (Lipinski definition) is 1. The molecule has 0 aliphatic carbocycles. The summed E-state index contributed by atoms with van der Waals surface area (Å²) in [5.74, 6) is 0.850. The first-order chi connectivity index (χ1) is 9.38. The molecule has 1 N–H and O–H groups in total. The second-order valence-electron chi connectivity index (χ2n) is 4.16. The van der Waals surface area contributed by atoms with Gasteiger partial charge in [-0.15, -0.1) is 0 Å². The van der Waals surface area contributed by atoms with Crippen molar-refractivity contribution in [2.24, 2.45) is 0 Å². The molecule has 0 saturated carbocycles. The Morgan fingerprint density at radius 3 is 2.25 bits per heavy atom. The molecular formula is C14H10BrCl3O2. The Morgan fingerprint density at radius 1 is 1.00 bits per heavy atom. The Kier molecular flexibility index (Phi) is 5.21. The van der Waals surface area contributed by atoms with Crippen molar-refractivity contribution in [3.63, 3.8) is 0 Å². The molecule has 0 fully saturated rings. The number of benzene rings is 2. The highest BCUT2D eigenvalue weighted by molar-refractivity contribution is 9.10. The van der Waals surface area contributed by atoms with Crippen LogP contribution in [-0.4, -0.2) is 5.11 Å². The van der Waals surface area contributed by atoms with E-state index in [-0.39, 0.29) is 0 Å². The third-order valence-electron chi connectivity index (χ3n) is 2.63. The minimum absolute atomic E-state index is 0.388. The number of aliphatic hydroxyl groups excluding tert-OH is 1. The summed E-state index contributed by atoms with van der Waals surface area (Å²) in [5.41, 5.74) is 0.710. The Morgan fingerprint density at radius 2 is 1.65 bits per heavy atom. The monoisotopic (exact) mass is 394 g/mol. The van der Waals surface area contributed by atoms with E-state index >= 15 is 0 Å². The van der Waals surface area contributed by atoms with Crippen LogP contribution in [0, 0.1) is 0 Å². The standard InChI is InChI=1S/C14H10BrCl3O2/c1-7(19)8-2-3-13(11(17)4-8)20-14-6-10(16)9(15)5-12(14)18/h2-7,19H,1H3. The van der Waals surface area contributed by atoms with Crippen molar-refractivity contribution in [1.29, 1.82) is 0 Å². The molecule has 0 saturated heterocycles. The van der Waals surface area contributed by atoms with Crippen LogP contribution in [0.5, 0.6) is 11.5 Å². The maximum atomic E-state index is 9.50. The number of aliphatic hydroxyl groups is 1. The first-order valence-electron chi connectivity index (χ1n) is 5.68. The quantitative estimate of drug-likeness (QED) is 0.621. The normalized spacial score (nSPS) is 12.3. The first kappa shape index (κ1) is 15.9. The zero-order valence-corrected chi connectivity index (χ0v) is 14.2. The van der Waals surface area contributed by atoms with Crippen LogP contribution in [0.25, 0.3) is 0 Å². The summed E-state index contributed by atoms with van der Waals surface area (Å²) < 4.78 is 6.35. The molecule has 0 heterocycles. The summed E-state index contributed by atoms with van der Waals surface area (Å²) in [7, 11) is 0. The molecule has 106 valence electrons. The second-order valence-corrected chi connectivity index (χ2v) is 6.24. The van der Waals surface area contributed by atoms with Crippen molar-refractivity contribution in [3.05, 3.63) is 55.4 Å². The zero-order valence-electron chi connectivity index (χ0n) is 10.3. The van der Waals surface area contributed by atoms with E-state index in [4.69, 9.17) is 39.5 Å². The van der Waals surface area contributed by atoms with Crippen LogP contribution in [0.1, 0.15) is 18.6 Å². The zero-order chi connectivity index (χ0) is 14.9. The molecule has 1 atom stereocenters. The Labute approximate surface area is 140 Å². The highest BCUT2D eigenvalue weighted by Crippen LogP contribution is 2.38. The highest BCUT2D eigenvalue weighted by Gasteiger charge is 2.11. The van der Waals surface area contributed by atoms with Crippen LogP contribution in [0.2, 0.25) is 15.1 Å². The fraction of sp³-hybridized carbons (Fsp3) is 0.143. The van der Waals surface area contributed by atoms with Gasteiger partial charge in [-0.2, -0.15) is 0 Å². The van der Waals surface area contributed by atoms with E-state index in [0.717, 1.165) is 0 Å². The van der Waals surface area contributed by atoms with Gasteiger partial charge in [0, 0.05) is 10.5 Å². The lowest BCUT2D eigenvalue weighted by atomic mass is 10.1. The van der Waals surface area contributed by atoms with Crippen LogP contribution in [0.4, 0.5) is 0 Å². The lowest BCUT2D eigenvalue weighted by Crippen LogP contribution is -1.92. The van der Waals surface area contributed by atoms with Crippen molar-refractivity contribution >= 4 is 50.7 Å². The predicted octanol–water partition coefficient (Wildman–Crippen LogP) is 6.25. The number of ether oxygens (including phenoxy) is 1. The fourth-order valence-corrected chi connectivity index (χ4v) is 2.62. The third kappa shape index (κ3) is 3.60. The van der Waals surface area contributed by atoms with E-state index in [1.54, 1.807) is 37.3 Å². The van der Waals surface area contributed by atoms with E-state index in [9.17, 15) is 5.11 Å². The van der Waals surface area contributed by atoms with Crippen LogP contribution in [0.3, 0.4) is 0 Å². The molecule has 0 aliphatic rings. The van der Waals surface area contributed by atoms with Crippen molar-refractivity contribution in [1.82, 2.24) is 0 Å². The summed E-state index contributed by atoms with van der Waals surface area (Å²) in [6, 6.07) is 8.32. The van der Waals surface area contributed by atoms with Gasteiger partial charge in [0.2, 0.25) is 0 Å². The number of rotatable bonds is 3. The lowest BCUT2D eigenvalue weighted by Gasteiger charge is -2.12. The van der Waals surface area contributed by atoms with Gasteiger partial charge < -0.3 is 9.84 Å². The van der Waals surface area contributed by atoms with Crippen molar-refractivity contribution < 1.29 is 9.84 Å². The van der Waals surface area contributed by atoms with Crippen LogP contribution < -0.4 is 4.74 Å². The van der Waals surface area contributed by atoms with Crippen molar-refractivity contribution in [3.8, 4) is 11.5 Å². The van der Waals surface area contributed by atoms with Gasteiger partial charge in [0.05, 0.1) is 21.2 Å². The summed E-state index contributed by atoms with van der Waals surface area (Å²) in [5, 5.41) is 10.8. The SMILES string of the molecule is CC(O)c1ccc(Oc2cc(Cl)c(Br)cc2Cl)c(Cl)c1. The van der Waals surface area contributed by atoms with Gasteiger partial charge in [-0.1, -0.05) is 40.9 Å². The average molecular weight is 396 g/mol. The summed E-state index contributed by atoms with van der Waals surface area (Å²) in [6.45, 7) is 1.66. The van der Waals surface area contributed by atoms with Crippen LogP contribution in [0.15, 0.2) is 34.8 Å². The molecule has 0 aliphatic heterocycles. The number of halogens is 4.